The first-order valence-corrected chi connectivity index (χ1v) is 8.32. The summed E-state index contributed by atoms with van der Waals surface area (Å²) in [6.07, 6.45) is 1.79. The maximum atomic E-state index is 12.6. The predicted molar refractivity (Wildman–Crippen MR) is 98.6 cm³/mol. The molecule has 0 atom stereocenters. The zero-order chi connectivity index (χ0) is 15.7. The first-order valence-electron chi connectivity index (χ1n) is 6.34. The van der Waals surface area contributed by atoms with Crippen molar-refractivity contribution in [1.29, 1.82) is 0 Å². The number of rotatable bonds is 2. The van der Waals surface area contributed by atoms with Gasteiger partial charge in [0.2, 0.25) is 0 Å². The summed E-state index contributed by atoms with van der Waals surface area (Å²) < 4.78 is 0.501. The highest BCUT2D eigenvalue weighted by Crippen LogP contribution is 2.36. The number of thiocarbonyl (C=S) groups is 1. The maximum absolute atomic E-state index is 12.6. The van der Waals surface area contributed by atoms with E-state index in [-0.39, 0.29) is 5.91 Å². The Morgan fingerprint density at radius 1 is 1.05 bits per heavy atom. The Labute approximate surface area is 147 Å². The van der Waals surface area contributed by atoms with Gasteiger partial charge in [0.1, 0.15) is 0 Å². The first kappa shape index (κ1) is 15.6. The Bertz CT molecular complexity index is 787. The Hall–Kier alpha value is -1.33. The van der Waals surface area contributed by atoms with E-state index in [0.717, 1.165) is 5.56 Å². The van der Waals surface area contributed by atoms with Gasteiger partial charge in [-0.15, -0.1) is 0 Å². The number of thioether (sulfide) groups is 1. The molecule has 1 heterocycles. The van der Waals surface area contributed by atoms with Crippen LogP contribution < -0.4 is 4.90 Å². The van der Waals surface area contributed by atoms with Gasteiger partial charge < -0.3 is 0 Å². The Morgan fingerprint density at radius 2 is 1.77 bits per heavy atom. The SMILES string of the molecule is O=C1C(=Cc2cccc(Cl)c2)SC(=S)N1c1ccc(Cl)cc1. The van der Waals surface area contributed by atoms with E-state index in [1.807, 2.05) is 12.1 Å². The van der Waals surface area contributed by atoms with Crippen LogP contribution in [0.5, 0.6) is 0 Å². The van der Waals surface area contributed by atoms with Crippen LogP contribution in [0.1, 0.15) is 5.56 Å². The lowest BCUT2D eigenvalue weighted by atomic mass is 10.2. The van der Waals surface area contributed by atoms with Crippen molar-refractivity contribution < 1.29 is 4.79 Å². The molecule has 1 aliphatic rings. The molecule has 1 fully saturated rings. The average molecular weight is 366 g/mol. The van der Waals surface area contributed by atoms with E-state index in [4.69, 9.17) is 35.4 Å². The highest BCUT2D eigenvalue weighted by atomic mass is 35.5. The lowest BCUT2D eigenvalue weighted by Crippen LogP contribution is -2.27. The highest BCUT2D eigenvalue weighted by molar-refractivity contribution is 8.27. The van der Waals surface area contributed by atoms with Crippen molar-refractivity contribution in [1.82, 2.24) is 0 Å². The molecule has 2 nitrogen and oxygen atoms in total. The van der Waals surface area contributed by atoms with Gasteiger partial charge >= 0.3 is 0 Å². The van der Waals surface area contributed by atoms with Crippen LogP contribution in [-0.2, 0) is 4.79 Å². The average Bonchev–Trinajstić information content (AvgIpc) is 2.75. The quantitative estimate of drug-likeness (QED) is 0.524. The molecule has 0 N–H and O–H groups in total. The van der Waals surface area contributed by atoms with Gasteiger partial charge in [0.15, 0.2) is 4.32 Å². The molecule has 0 aromatic heterocycles. The molecule has 110 valence electrons. The fraction of sp³-hybridized carbons (Fsp3) is 0. The van der Waals surface area contributed by atoms with Gasteiger partial charge in [-0.3, -0.25) is 9.69 Å². The minimum atomic E-state index is -0.141. The van der Waals surface area contributed by atoms with Gasteiger partial charge in [-0.25, -0.2) is 0 Å². The van der Waals surface area contributed by atoms with Gasteiger partial charge in [0.05, 0.1) is 10.6 Å². The zero-order valence-electron chi connectivity index (χ0n) is 11.1. The van der Waals surface area contributed by atoms with E-state index in [1.165, 1.54) is 16.7 Å². The number of amides is 1. The molecule has 0 saturated carbocycles. The molecule has 1 saturated heterocycles. The normalized spacial score (nSPS) is 16.6. The van der Waals surface area contributed by atoms with Crippen LogP contribution in [0.4, 0.5) is 5.69 Å². The second kappa shape index (κ2) is 6.42. The van der Waals surface area contributed by atoms with Crippen LogP contribution in [0.25, 0.3) is 6.08 Å². The van der Waals surface area contributed by atoms with E-state index >= 15 is 0 Å². The van der Waals surface area contributed by atoms with Crippen molar-refractivity contribution in [3.8, 4) is 0 Å². The second-order valence-corrected chi connectivity index (χ2v) is 7.10. The molecule has 0 unspecified atom stereocenters. The van der Waals surface area contributed by atoms with Crippen molar-refractivity contribution in [2.45, 2.75) is 0 Å². The van der Waals surface area contributed by atoms with Crippen molar-refractivity contribution in [2.24, 2.45) is 0 Å². The van der Waals surface area contributed by atoms with Gasteiger partial charge in [0.25, 0.3) is 5.91 Å². The minimum absolute atomic E-state index is 0.141. The van der Waals surface area contributed by atoms with E-state index in [2.05, 4.69) is 0 Å². The summed E-state index contributed by atoms with van der Waals surface area (Å²) in [4.78, 5) is 14.7. The number of anilines is 1. The van der Waals surface area contributed by atoms with Crippen LogP contribution in [-0.4, -0.2) is 10.2 Å². The van der Waals surface area contributed by atoms with E-state index in [0.29, 0.717) is 25.0 Å². The summed E-state index contributed by atoms with van der Waals surface area (Å²) in [5.41, 5.74) is 1.57. The number of nitrogens with zero attached hydrogens (tertiary/aromatic N) is 1. The Morgan fingerprint density at radius 3 is 2.45 bits per heavy atom. The molecule has 2 aromatic carbocycles. The van der Waals surface area contributed by atoms with Crippen LogP contribution in [0.2, 0.25) is 10.0 Å². The van der Waals surface area contributed by atoms with Gasteiger partial charge in [-0.1, -0.05) is 59.3 Å². The topological polar surface area (TPSA) is 20.3 Å². The van der Waals surface area contributed by atoms with Crippen molar-refractivity contribution in [2.75, 3.05) is 4.90 Å². The zero-order valence-corrected chi connectivity index (χ0v) is 14.3. The fourth-order valence-corrected chi connectivity index (χ4v) is 3.65. The Balaban J connectivity index is 1.93. The summed E-state index contributed by atoms with van der Waals surface area (Å²) in [5.74, 6) is -0.141. The van der Waals surface area contributed by atoms with E-state index < -0.39 is 0 Å². The maximum Gasteiger partial charge on any atom is 0.270 e. The van der Waals surface area contributed by atoms with E-state index in [9.17, 15) is 4.79 Å². The lowest BCUT2D eigenvalue weighted by Gasteiger charge is -2.14. The first-order chi connectivity index (χ1) is 10.5. The third-order valence-electron chi connectivity index (χ3n) is 3.02. The molecule has 3 rings (SSSR count). The van der Waals surface area contributed by atoms with Gasteiger partial charge in [0, 0.05) is 10.0 Å². The molecule has 1 amide bonds. The van der Waals surface area contributed by atoms with Gasteiger partial charge in [-0.05, 0) is 48.0 Å². The summed E-state index contributed by atoms with van der Waals surface area (Å²) in [6, 6.07) is 14.3. The smallest absolute Gasteiger partial charge is 0.268 e. The number of carbonyl (C=O) groups excluding carboxylic acids is 1. The summed E-state index contributed by atoms with van der Waals surface area (Å²) in [6.45, 7) is 0. The van der Waals surface area contributed by atoms with Crippen molar-refractivity contribution in [3.05, 3.63) is 69.0 Å². The molecule has 22 heavy (non-hydrogen) atoms. The number of benzene rings is 2. The number of halogens is 2. The van der Waals surface area contributed by atoms with Gasteiger partial charge in [-0.2, -0.15) is 0 Å². The molecule has 0 bridgehead atoms. The number of hydrogen-bond acceptors (Lipinski definition) is 3. The summed E-state index contributed by atoms with van der Waals surface area (Å²) in [7, 11) is 0. The van der Waals surface area contributed by atoms with Crippen molar-refractivity contribution in [3.63, 3.8) is 0 Å². The van der Waals surface area contributed by atoms with Crippen LogP contribution >= 0.6 is 47.2 Å². The van der Waals surface area contributed by atoms with Crippen LogP contribution in [0.15, 0.2) is 53.4 Å². The summed E-state index contributed by atoms with van der Waals surface area (Å²) >= 11 is 18.4. The Kier molecular flexibility index (Phi) is 4.54. The highest BCUT2D eigenvalue weighted by Gasteiger charge is 2.33. The fourth-order valence-electron chi connectivity index (χ4n) is 2.03. The molecule has 0 spiro atoms. The molecular weight excluding hydrogens is 357 g/mol. The number of carbonyl (C=O) groups is 1. The predicted octanol–water partition coefficient (Wildman–Crippen LogP) is 5.40. The van der Waals surface area contributed by atoms with Crippen molar-refractivity contribution >= 4 is 69.2 Å². The monoisotopic (exact) mass is 365 g/mol. The second-order valence-electron chi connectivity index (χ2n) is 4.55. The lowest BCUT2D eigenvalue weighted by molar-refractivity contribution is -0.113. The van der Waals surface area contributed by atoms with E-state index in [1.54, 1.807) is 42.5 Å². The standard InChI is InChI=1S/C16H9Cl2NOS2/c17-11-4-6-13(7-5-11)19-15(20)14(22-16(19)21)9-10-2-1-3-12(18)8-10/h1-9H. The van der Waals surface area contributed by atoms with Crippen LogP contribution in [0.3, 0.4) is 0 Å². The minimum Gasteiger partial charge on any atom is -0.268 e. The molecule has 0 radical (unpaired) electrons. The number of hydrogen-bond donors (Lipinski definition) is 0. The third kappa shape index (κ3) is 3.20. The molecule has 2 aromatic rings. The molecule has 1 aliphatic heterocycles. The molecular formula is C16H9Cl2NOS2. The summed E-state index contributed by atoms with van der Waals surface area (Å²) in [5, 5.41) is 1.24. The largest absolute Gasteiger partial charge is 0.270 e. The van der Waals surface area contributed by atoms with Crippen LogP contribution in [0, 0.1) is 0 Å². The molecule has 0 aliphatic carbocycles. The third-order valence-corrected chi connectivity index (χ3v) is 4.81. The molecule has 6 heteroatoms.